The SMILES string of the molecule is CCOC.O=CO. The zero-order valence-electron chi connectivity index (χ0n) is 4.55. The Morgan fingerprint density at radius 3 is 2.00 bits per heavy atom. The van der Waals surface area contributed by atoms with Crippen LogP contribution in [0.2, 0.25) is 0 Å². The van der Waals surface area contributed by atoms with Crippen LogP contribution < -0.4 is 0 Å². The van der Waals surface area contributed by atoms with Gasteiger partial charge in [0.1, 0.15) is 0 Å². The Morgan fingerprint density at radius 1 is 1.86 bits per heavy atom. The van der Waals surface area contributed by atoms with Gasteiger partial charge in [0.2, 0.25) is 0 Å². The summed E-state index contributed by atoms with van der Waals surface area (Å²) in [6, 6.07) is 0. The molecule has 0 amide bonds. The van der Waals surface area contributed by atoms with Crippen LogP contribution in [-0.2, 0) is 9.53 Å². The van der Waals surface area contributed by atoms with Crippen molar-refractivity contribution in [3.05, 3.63) is 0 Å². The molecule has 7 heavy (non-hydrogen) atoms. The number of ether oxygens (including phenoxy) is 1. The lowest BCUT2D eigenvalue weighted by molar-refractivity contribution is -0.122. The van der Waals surface area contributed by atoms with Crippen LogP contribution >= 0.6 is 0 Å². The highest BCUT2D eigenvalue weighted by molar-refractivity contribution is 5.32. The lowest BCUT2D eigenvalue weighted by Crippen LogP contribution is -1.73. The summed E-state index contributed by atoms with van der Waals surface area (Å²) in [6.45, 7) is 2.53. The molecule has 0 atom stereocenters. The van der Waals surface area contributed by atoms with Crippen LogP contribution in [0.4, 0.5) is 0 Å². The summed E-state index contributed by atoms with van der Waals surface area (Å²) in [5.74, 6) is 0. The van der Waals surface area contributed by atoms with E-state index in [9.17, 15) is 0 Å². The maximum atomic E-state index is 8.36. The number of hydrogen-bond acceptors (Lipinski definition) is 2. The predicted molar refractivity (Wildman–Crippen MR) is 26.2 cm³/mol. The van der Waals surface area contributed by atoms with Crippen molar-refractivity contribution in [2.75, 3.05) is 13.7 Å². The molecule has 0 bridgehead atoms. The maximum Gasteiger partial charge on any atom is 0.290 e. The standard InChI is InChI=1S/C3H8O.CH2O2/c1-3-4-2;2-1-3/h3H2,1-2H3;1H,(H,2,3). The number of carboxylic acid groups (broad SMARTS) is 1. The molecule has 1 N–H and O–H groups in total. The highest BCUT2D eigenvalue weighted by atomic mass is 16.5. The van der Waals surface area contributed by atoms with Gasteiger partial charge in [0.25, 0.3) is 6.47 Å². The Hall–Kier alpha value is -0.570. The van der Waals surface area contributed by atoms with Gasteiger partial charge in [0, 0.05) is 13.7 Å². The molecule has 0 aliphatic heterocycles. The monoisotopic (exact) mass is 106 g/mol. The van der Waals surface area contributed by atoms with Crippen molar-refractivity contribution >= 4 is 6.47 Å². The van der Waals surface area contributed by atoms with Gasteiger partial charge in [-0.15, -0.1) is 0 Å². The molecule has 0 aliphatic rings. The van der Waals surface area contributed by atoms with E-state index in [1.807, 2.05) is 6.92 Å². The van der Waals surface area contributed by atoms with Crippen molar-refractivity contribution in [1.82, 2.24) is 0 Å². The van der Waals surface area contributed by atoms with Crippen molar-refractivity contribution in [3.8, 4) is 0 Å². The summed E-state index contributed by atoms with van der Waals surface area (Å²) in [7, 11) is 1.68. The van der Waals surface area contributed by atoms with Gasteiger partial charge in [-0.2, -0.15) is 0 Å². The molecule has 0 aromatic rings. The van der Waals surface area contributed by atoms with E-state index in [0.717, 1.165) is 6.61 Å². The summed E-state index contributed by atoms with van der Waals surface area (Å²) in [5, 5.41) is 6.89. The van der Waals surface area contributed by atoms with Crippen molar-refractivity contribution in [2.45, 2.75) is 6.92 Å². The highest BCUT2D eigenvalue weighted by Crippen LogP contribution is 1.52. The second-order valence-electron chi connectivity index (χ2n) is 0.683. The molecule has 0 radical (unpaired) electrons. The quantitative estimate of drug-likeness (QED) is 0.491. The fourth-order valence-corrected chi connectivity index (χ4v) is 0. The molecule has 0 aliphatic carbocycles. The molecular weight excluding hydrogens is 96.0 g/mol. The summed E-state index contributed by atoms with van der Waals surface area (Å²) in [6.07, 6.45) is 0. The summed E-state index contributed by atoms with van der Waals surface area (Å²) < 4.78 is 4.54. The molecule has 0 unspecified atom stereocenters. The molecule has 0 aromatic heterocycles. The second kappa shape index (κ2) is 18.0. The van der Waals surface area contributed by atoms with Gasteiger partial charge in [-0.3, -0.25) is 4.79 Å². The van der Waals surface area contributed by atoms with Crippen LogP contribution in [0.25, 0.3) is 0 Å². The van der Waals surface area contributed by atoms with Crippen molar-refractivity contribution in [2.24, 2.45) is 0 Å². The predicted octanol–water partition coefficient (Wildman–Crippen LogP) is 0.354. The van der Waals surface area contributed by atoms with E-state index in [1.165, 1.54) is 0 Å². The minimum atomic E-state index is -0.250. The van der Waals surface area contributed by atoms with Crippen molar-refractivity contribution in [3.63, 3.8) is 0 Å². The largest absolute Gasteiger partial charge is 0.483 e. The summed E-state index contributed by atoms with van der Waals surface area (Å²) in [5.41, 5.74) is 0. The minimum Gasteiger partial charge on any atom is -0.483 e. The van der Waals surface area contributed by atoms with Gasteiger partial charge in [0.15, 0.2) is 0 Å². The molecule has 0 rings (SSSR count). The maximum absolute atomic E-state index is 8.36. The van der Waals surface area contributed by atoms with E-state index in [2.05, 4.69) is 4.74 Å². The average molecular weight is 106 g/mol. The summed E-state index contributed by atoms with van der Waals surface area (Å²) >= 11 is 0. The molecule has 3 heteroatoms. The van der Waals surface area contributed by atoms with Crippen LogP contribution in [0.15, 0.2) is 0 Å². The molecule has 0 saturated heterocycles. The highest BCUT2D eigenvalue weighted by Gasteiger charge is 1.51. The van der Waals surface area contributed by atoms with E-state index in [1.54, 1.807) is 7.11 Å². The van der Waals surface area contributed by atoms with E-state index >= 15 is 0 Å². The zero-order valence-corrected chi connectivity index (χ0v) is 4.55. The Balaban J connectivity index is 0. The molecule has 0 saturated carbocycles. The van der Waals surface area contributed by atoms with Crippen molar-refractivity contribution in [1.29, 1.82) is 0 Å². The van der Waals surface area contributed by atoms with E-state index in [4.69, 9.17) is 9.90 Å². The average Bonchev–Trinajstić information content (AvgIpc) is 1.69. The minimum absolute atomic E-state index is 0.250. The number of hydrogen-bond donors (Lipinski definition) is 1. The normalized spacial score (nSPS) is 6.00. The first-order valence-electron chi connectivity index (χ1n) is 1.90. The third-order valence-corrected chi connectivity index (χ3v) is 0.289. The summed E-state index contributed by atoms with van der Waals surface area (Å²) in [4.78, 5) is 8.36. The van der Waals surface area contributed by atoms with Gasteiger partial charge in [0.05, 0.1) is 0 Å². The van der Waals surface area contributed by atoms with Crippen LogP contribution in [0.1, 0.15) is 6.92 Å². The molecule has 3 nitrogen and oxygen atoms in total. The zero-order chi connectivity index (χ0) is 6.12. The fourth-order valence-electron chi connectivity index (χ4n) is 0. The van der Waals surface area contributed by atoms with Gasteiger partial charge in [-0.25, -0.2) is 0 Å². The van der Waals surface area contributed by atoms with E-state index in [0.29, 0.717) is 0 Å². The van der Waals surface area contributed by atoms with Gasteiger partial charge < -0.3 is 9.84 Å². The Morgan fingerprint density at radius 2 is 2.00 bits per heavy atom. The first-order valence-corrected chi connectivity index (χ1v) is 1.90. The van der Waals surface area contributed by atoms with Crippen LogP contribution in [0.3, 0.4) is 0 Å². The number of rotatable bonds is 1. The van der Waals surface area contributed by atoms with E-state index < -0.39 is 0 Å². The van der Waals surface area contributed by atoms with Gasteiger partial charge in [-0.1, -0.05) is 0 Å². The Kier molecular flexibility index (Phi) is 24.9. The molecule has 0 aromatic carbocycles. The molecule has 44 valence electrons. The fraction of sp³-hybridized carbons (Fsp3) is 0.750. The van der Waals surface area contributed by atoms with Crippen LogP contribution in [0, 0.1) is 0 Å². The number of methoxy groups -OCH3 is 1. The Bertz CT molecular complexity index is 26.1. The second-order valence-corrected chi connectivity index (χ2v) is 0.683. The first-order chi connectivity index (χ1) is 3.33. The smallest absolute Gasteiger partial charge is 0.290 e. The van der Waals surface area contributed by atoms with E-state index in [-0.39, 0.29) is 6.47 Å². The first kappa shape index (κ1) is 9.66. The van der Waals surface area contributed by atoms with Crippen LogP contribution in [-0.4, -0.2) is 25.3 Å². The van der Waals surface area contributed by atoms with Crippen LogP contribution in [0.5, 0.6) is 0 Å². The van der Waals surface area contributed by atoms with Crippen molar-refractivity contribution < 1.29 is 14.6 Å². The molecule has 0 spiro atoms. The molecule has 0 heterocycles. The third-order valence-electron chi connectivity index (χ3n) is 0.289. The molecular formula is C4H10O3. The number of carbonyl (C=O) groups is 1. The topological polar surface area (TPSA) is 46.5 Å². The third kappa shape index (κ3) is 346. The van der Waals surface area contributed by atoms with Gasteiger partial charge >= 0.3 is 0 Å². The Labute approximate surface area is 42.9 Å². The lowest BCUT2D eigenvalue weighted by Gasteiger charge is -1.76. The lowest BCUT2D eigenvalue weighted by atomic mass is 10.9. The van der Waals surface area contributed by atoms with Gasteiger partial charge in [-0.05, 0) is 6.92 Å². The molecule has 0 fully saturated rings.